The van der Waals surface area contributed by atoms with Crippen molar-refractivity contribution in [3.05, 3.63) is 28.2 Å². The Balaban J connectivity index is 1.86. The summed E-state index contributed by atoms with van der Waals surface area (Å²) in [7, 11) is 1.61. The van der Waals surface area contributed by atoms with Gasteiger partial charge >= 0.3 is 0 Å². The van der Waals surface area contributed by atoms with Crippen LogP contribution in [0, 0.1) is 0 Å². The second kappa shape index (κ2) is 8.14. The van der Waals surface area contributed by atoms with Gasteiger partial charge in [-0.25, -0.2) is 5.43 Å². The lowest BCUT2D eigenvalue weighted by molar-refractivity contribution is -0.896. The summed E-state index contributed by atoms with van der Waals surface area (Å²) in [5.41, 5.74) is 3.41. The van der Waals surface area contributed by atoms with Gasteiger partial charge in [0, 0.05) is 10.0 Å². The van der Waals surface area contributed by atoms with Gasteiger partial charge in [0.05, 0.1) is 26.4 Å². The van der Waals surface area contributed by atoms with Crippen LogP contribution in [-0.2, 0) is 4.79 Å². The first-order valence-corrected chi connectivity index (χ1v) is 7.97. The molecule has 0 aromatic heterocycles. The molecule has 1 aliphatic heterocycles. The van der Waals surface area contributed by atoms with Gasteiger partial charge in [0.2, 0.25) is 0 Å². The van der Waals surface area contributed by atoms with Crippen LogP contribution in [0.1, 0.15) is 24.8 Å². The highest BCUT2D eigenvalue weighted by molar-refractivity contribution is 9.10. The molecule has 2 N–H and O–H groups in total. The third-order valence-electron chi connectivity index (χ3n) is 3.56. The number of likely N-dealkylation sites (tertiary alicyclic amines) is 1. The first-order chi connectivity index (χ1) is 10.2. The molecule has 0 aliphatic carbocycles. The highest BCUT2D eigenvalue weighted by Gasteiger charge is 2.16. The molecular formula is C15H21BrN3O2+. The number of quaternary nitrogens is 1. The topological polar surface area (TPSA) is 55.1 Å². The standard InChI is InChI=1S/C15H20BrN3O2/c1-21-14-6-5-13(16)9-12(14)10-17-18-15(20)11-19-7-3-2-4-8-19/h5-6,9-10H,2-4,7-8,11H2,1H3,(H,18,20)/p+1. The summed E-state index contributed by atoms with van der Waals surface area (Å²) >= 11 is 3.40. The molecule has 21 heavy (non-hydrogen) atoms. The van der Waals surface area contributed by atoms with E-state index >= 15 is 0 Å². The van der Waals surface area contributed by atoms with Crippen LogP contribution in [0.25, 0.3) is 0 Å². The third-order valence-corrected chi connectivity index (χ3v) is 4.05. The average Bonchev–Trinajstić information content (AvgIpc) is 2.48. The van der Waals surface area contributed by atoms with Gasteiger partial charge in [-0.05, 0) is 37.5 Å². The number of nitrogens with one attached hydrogen (secondary N) is 2. The van der Waals surface area contributed by atoms with Crippen LogP contribution in [0.15, 0.2) is 27.8 Å². The number of benzene rings is 1. The maximum atomic E-state index is 11.8. The van der Waals surface area contributed by atoms with Crippen molar-refractivity contribution in [3.63, 3.8) is 0 Å². The zero-order chi connectivity index (χ0) is 15.1. The predicted molar refractivity (Wildman–Crippen MR) is 85.8 cm³/mol. The number of piperidine rings is 1. The number of hydrazone groups is 1. The first kappa shape index (κ1) is 16.0. The Labute approximate surface area is 133 Å². The molecule has 2 rings (SSSR count). The molecule has 5 nitrogen and oxygen atoms in total. The van der Waals surface area contributed by atoms with Crippen LogP contribution >= 0.6 is 15.9 Å². The monoisotopic (exact) mass is 354 g/mol. The van der Waals surface area contributed by atoms with E-state index in [0.29, 0.717) is 6.54 Å². The molecule has 114 valence electrons. The SMILES string of the molecule is COc1ccc(Br)cc1C=NNC(=O)C[NH+]1CCCCC1. The molecule has 0 saturated carbocycles. The van der Waals surface area contributed by atoms with Crippen molar-refractivity contribution < 1.29 is 14.4 Å². The molecule has 1 amide bonds. The van der Waals surface area contributed by atoms with Gasteiger partial charge < -0.3 is 9.64 Å². The molecule has 1 aromatic carbocycles. The summed E-state index contributed by atoms with van der Waals surface area (Å²) in [5, 5.41) is 4.02. The molecule has 0 unspecified atom stereocenters. The van der Waals surface area contributed by atoms with E-state index in [-0.39, 0.29) is 5.91 Å². The van der Waals surface area contributed by atoms with E-state index in [0.717, 1.165) is 28.9 Å². The van der Waals surface area contributed by atoms with Gasteiger partial charge in [-0.1, -0.05) is 15.9 Å². The summed E-state index contributed by atoms with van der Waals surface area (Å²) in [5.74, 6) is 0.676. The Bertz CT molecular complexity index is 514. The molecule has 1 aromatic rings. The van der Waals surface area contributed by atoms with Crippen LogP contribution in [0.4, 0.5) is 0 Å². The normalized spacial score (nSPS) is 16.1. The van der Waals surface area contributed by atoms with Gasteiger partial charge in [0.25, 0.3) is 5.91 Å². The summed E-state index contributed by atoms with van der Waals surface area (Å²) in [6, 6.07) is 5.64. The molecule has 6 heteroatoms. The van der Waals surface area contributed by atoms with Crippen molar-refractivity contribution in [1.29, 1.82) is 0 Å². The van der Waals surface area contributed by atoms with Gasteiger partial charge in [-0.15, -0.1) is 0 Å². The number of halogens is 1. The van der Waals surface area contributed by atoms with Gasteiger partial charge in [-0.3, -0.25) is 4.79 Å². The Hall–Kier alpha value is -1.40. The minimum absolute atomic E-state index is 0.0443. The second-order valence-electron chi connectivity index (χ2n) is 5.17. The molecule has 1 saturated heterocycles. The second-order valence-corrected chi connectivity index (χ2v) is 6.08. The van der Waals surface area contributed by atoms with E-state index in [4.69, 9.17) is 4.74 Å². The average molecular weight is 355 g/mol. The molecule has 0 spiro atoms. The smallest absolute Gasteiger partial charge is 0.295 e. The fourth-order valence-electron chi connectivity index (χ4n) is 2.48. The van der Waals surface area contributed by atoms with Crippen molar-refractivity contribution >= 4 is 28.1 Å². The van der Waals surface area contributed by atoms with Crippen LogP contribution in [0.3, 0.4) is 0 Å². The maximum absolute atomic E-state index is 11.8. The van der Waals surface area contributed by atoms with E-state index in [1.165, 1.54) is 24.2 Å². The number of carbonyl (C=O) groups is 1. The van der Waals surface area contributed by atoms with Crippen LogP contribution in [-0.4, -0.2) is 38.9 Å². The molecule has 1 fully saturated rings. The molecular weight excluding hydrogens is 334 g/mol. The quantitative estimate of drug-likeness (QED) is 0.611. The van der Waals surface area contributed by atoms with E-state index in [1.54, 1.807) is 13.3 Å². The summed E-state index contributed by atoms with van der Waals surface area (Å²) in [6.07, 6.45) is 5.31. The molecule has 1 heterocycles. The molecule has 0 bridgehead atoms. The Morgan fingerprint density at radius 1 is 1.43 bits per heavy atom. The molecule has 0 radical (unpaired) electrons. The van der Waals surface area contributed by atoms with E-state index < -0.39 is 0 Å². The van der Waals surface area contributed by atoms with Crippen LogP contribution in [0.2, 0.25) is 0 Å². The summed E-state index contributed by atoms with van der Waals surface area (Å²) < 4.78 is 6.19. The lowest BCUT2D eigenvalue weighted by Gasteiger charge is -2.22. The fourth-order valence-corrected chi connectivity index (χ4v) is 2.85. The van der Waals surface area contributed by atoms with Crippen molar-refractivity contribution in [1.82, 2.24) is 5.43 Å². The number of nitrogens with zero attached hydrogens (tertiary/aromatic N) is 1. The third kappa shape index (κ3) is 5.13. The van der Waals surface area contributed by atoms with Gasteiger partial charge in [-0.2, -0.15) is 5.10 Å². The van der Waals surface area contributed by atoms with E-state index in [1.807, 2.05) is 18.2 Å². The zero-order valence-electron chi connectivity index (χ0n) is 12.2. The highest BCUT2D eigenvalue weighted by atomic mass is 79.9. The van der Waals surface area contributed by atoms with E-state index in [9.17, 15) is 4.79 Å². The number of hydrogen-bond donors (Lipinski definition) is 2. The predicted octanol–water partition coefficient (Wildman–Crippen LogP) is 0.977. The van der Waals surface area contributed by atoms with Gasteiger partial charge in [0.1, 0.15) is 5.75 Å². The lowest BCUT2D eigenvalue weighted by Crippen LogP contribution is -3.13. The number of hydrogen-bond acceptors (Lipinski definition) is 3. The summed E-state index contributed by atoms with van der Waals surface area (Å²) in [6.45, 7) is 2.65. The minimum Gasteiger partial charge on any atom is -0.496 e. The van der Waals surface area contributed by atoms with Crippen molar-refractivity contribution in [2.24, 2.45) is 5.10 Å². The van der Waals surface area contributed by atoms with Crippen molar-refractivity contribution in [2.75, 3.05) is 26.7 Å². The highest BCUT2D eigenvalue weighted by Crippen LogP contribution is 2.21. The number of carbonyl (C=O) groups excluding carboxylic acids is 1. The lowest BCUT2D eigenvalue weighted by atomic mass is 10.1. The summed E-state index contributed by atoms with van der Waals surface area (Å²) in [4.78, 5) is 13.2. The van der Waals surface area contributed by atoms with Crippen molar-refractivity contribution in [3.8, 4) is 5.75 Å². The minimum atomic E-state index is -0.0443. The fraction of sp³-hybridized carbons (Fsp3) is 0.467. The largest absolute Gasteiger partial charge is 0.496 e. The maximum Gasteiger partial charge on any atom is 0.295 e. The van der Waals surface area contributed by atoms with Crippen molar-refractivity contribution in [2.45, 2.75) is 19.3 Å². The van der Waals surface area contributed by atoms with Crippen LogP contribution in [0.5, 0.6) is 5.75 Å². The molecule has 0 atom stereocenters. The van der Waals surface area contributed by atoms with E-state index in [2.05, 4.69) is 26.5 Å². The number of amides is 1. The number of rotatable bonds is 5. The zero-order valence-corrected chi connectivity index (χ0v) is 13.8. The van der Waals surface area contributed by atoms with Gasteiger partial charge in [0.15, 0.2) is 6.54 Å². The first-order valence-electron chi connectivity index (χ1n) is 7.18. The Kier molecular flexibility index (Phi) is 6.20. The molecule has 1 aliphatic rings. The number of methoxy groups -OCH3 is 1. The number of ether oxygens (including phenoxy) is 1. The Morgan fingerprint density at radius 2 is 2.19 bits per heavy atom. The Morgan fingerprint density at radius 3 is 2.90 bits per heavy atom. The van der Waals surface area contributed by atoms with Crippen LogP contribution < -0.4 is 15.1 Å².